The second-order valence-electron chi connectivity index (χ2n) is 7.11. The Labute approximate surface area is 187 Å². The molecule has 0 saturated heterocycles. The predicted octanol–water partition coefficient (Wildman–Crippen LogP) is 4.11. The van der Waals surface area contributed by atoms with Gasteiger partial charge in [-0.2, -0.15) is 0 Å². The molecule has 8 nitrogen and oxygen atoms in total. The third-order valence-electron chi connectivity index (χ3n) is 4.90. The molecule has 9 heteroatoms. The van der Waals surface area contributed by atoms with Gasteiger partial charge in [-0.3, -0.25) is 9.52 Å². The first-order chi connectivity index (χ1) is 15.2. The molecule has 166 valence electrons. The standard InChI is InChI=1S/C23H24N4O4S/c1-15-5-4-6-21(16(15)2)27-32(30,31)20-13-7-17(8-14-20)22(28)25-18-9-11-19(12-10-18)26-23(29)24-3/h4-14,27H,1-3H3,(H,25,28)(H2,24,26,29). The number of rotatable bonds is 6. The summed E-state index contributed by atoms with van der Waals surface area (Å²) in [4.78, 5) is 23.9. The van der Waals surface area contributed by atoms with E-state index in [-0.39, 0.29) is 16.8 Å². The van der Waals surface area contributed by atoms with Crippen LogP contribution in [0.15, 0.2) is 71.6 Å². The Morgan fingerprint density at radius 3 is 1.97 bits per heavy atom. The Balaban J connectivity index is 1.68. The van der Waals surface area contributed by atoms with E-state index in [2.05, 4.69) is 20.7 Å². The van der Waals surface area contributed by atoms with Gasteiger partial charge in [-0.25, -0.2) is 13.2 Å². The van der Waals surface area contributed by atoms with Gasteiger partial charge in [0.15, 0.2) is 0 Å². The molecule has 0 unspecified atom stereocenters. The van der Waals surface area contributed by atoms with Gasteiger partial charge in [-0.15, -0.1) is 0 Å². The molecule has 32 heavy (non-hydrogen) atoms. The van der Waals surface area contributed by atoms with E-state index >= 15 is 0 Å². The summed E-state index contributed by atoms with van der Waals surface area (Å²) in [6.07, 6.45) is 0. The molecular weight excluding hydrogens is 428 g/mol. The lowest BCUT2D eigenvalue weighted by molar-refractivity contribution is 0.102. The van der Waals surface area contributed by atoms with E-state index in [1.54, 1.807) is 36.4 Å². The van der Waals surface area contributed by atoms with Crippen LogP contribution >= 0.6 is 0 Å². The molecule has 0 saturated carbocycles. The number of sulfonamides is 1. The topological polar surface area (TPSA) is 116 Å². The third kappa shape index (κ3) is 5.44. The molecule has 0 fully saturated rings. The molecule has 3 aromatic carbocycles. The van der Waals surface area contributed by atoms with Gasteiger partial charge in [-0.05, 0) is 79.6 Å². The van der Waals surface area contributed by atoms with Gasteiger partial charge in [0.25, 0.3) is 15.9 Å². The summed E-state index contributed by atoms with van der Waals surface area (Å²) >= 11 is 0. The lowest BCUT2D eigenvalue weighted by Crippen LogP contribution is -2.24. The maximum Gasteiger partial charge on any atom is 0.318 e. The van der Waals surface area contributed by atoms with E-state index in [0.29, 0.717) is 22.6 Å². The van der Waals surface area contributed by atoms with Crippen molar-refractivity contribution in [3.05, 3.63) is 83.4 Å². The number of carbonyl (C=O) groups is 2. The van der Waals surface area contributed by atoms with Crippen LogP contribution in [0.4, 0.5) is 21.9 Å². The number of hydrogen-bond donors (Lipinski definition) is 4. The predicted molar refractivity (Wildman–Crippen MR) is 126 cm³/mol. The summed E-state index contributed by atoms with van der Waals surface area (Å²) in [7, 11) is -2.28. The maximum atomic E-state index is 12.7. The highest BCUT2D eigenvalue weighted by Crippen LogP contribution is 2.22. The van der Waals surface area contributed by atoms with E-state index in [1.807, 2.05) is 19.9 Å². The molecule has 0 aliphatic heterocycles. The number of aryl methyl sites for hydroxylation is 1. The van der Waals surface area contributed by atoms with Crippen LogP contribution < -0.4 is 20.7 Å². The zero-order valence-corrected chi connectivity index (χ0v) is 18.7. The summed E-state index contributed by atoms with van der Waals surface area (Å²) < 4.78 is 28.0. The fraction of sp³-hybridized carbons (Fsp3) is 0.130. The average Bonchev–Trinajstić information content (AvgIpc) is 2.78. The minimum atomic E-state index is -3.79. The van der Waals surface area contributed by atoms with Gasteiger partial charge < -0.3 is 16.0 Å². The van der Waals surface area contributed by atoms with Crippen LogP contribution in [0.5, 0.6) is 0 Å². The first-order valence-electron chi connectivity index (χ1n) is 9.79. The van der Waals surface area contributed by atoms with Gasteiger partial charge in [0.05, 0.1) is 10.6 Å². The zero-order valence-electron chi connectivity index (χ0n) is 17.9. The van der Waals surface area contributed by atoms with Gasteiger partial charge >= 0.3 is 6.03 Å². The molecule has 3 amide bonds. The zero-order chi connectivity index (χ0) is 23.3. The minimum Gasteiger partial charge on any atom is -0.341 e. The molecular formula is C23H24N4O4S. The van der Waals surface area contributed by atoms with Crippen LogP contribution in [0, 0.1) is 13.8 Å². The smallest absolute Gasteiger partial charge is 0.318 e. The van der Waals surface area contributed by atoms with Crippen molar-refractivity contribution >= 4 is 39.0 Å². The Morgan fingerprint density at radius 1 is 0.781 bits per heavy atom. The highest BCUT2D eigenvalue weighted by atomic mass is 32.2. The molecule has 0 aliphatic carbocycles. The fourth-order valence-electron chi connectivity index (χ4n) is 2.88. The van der Waals surface area contributed by atoms with Crippen LogP contribution in [-0.2, 0) is 10.0 Å². The molecule has 0 bridgehead atoms. The summed E-state index contributed by atoms with van der Waals surface area (Å²) in [5.74, 6) is -0.386. The van der Waals surface area contributed by atoms with Gasteiger partial charge in [0.2, 0.25) is 0 Å². The first kappa shape index (κ1) is 22.8. The molecule has 0 aromatic heterocycles. The molecule has 0 radical (unpaired) electrons. The van der Waals surface area contributed by atoms with Crippen molar-refractivity contribution in [1.82, 2.24) is 5.32 Å². The quantitative estimate of drug-likeness (QED) is 0.450. The number of urea groups is 1. The van der Waals surface area contributed by atoms with E-state index in [1.165, 1.54) is 31.3 Å². The van der Waals surface area contributed by atoms with Crippen molar-refractivity contribution in [3.8, 4) is 0 Å². The second kappa shape index (κ2) is 9.52. The van der Waals surface area contributed by atoms with E-state index in [9.17, 15) is 18.0 Å². The van der Waals surface area contributed by atoms with E-state index in [4.69, 9.17) is 0 Å². The van der Waals surface area contributed by atoms with Gasteiger partial charge in [0, 0.05) is 24.0 Å². The molecule has 3 rings (SSSR count). The van der Waals surface area contributed by atoms with Crippen molar-refractivity contribution in [2.24, 2.45) is 0 Å². The van der Waals surface area contributed by atoms with E-state index in [0.717, 1.165) is 11.1 Å². The van der Waals surface area contributed by atoms with Crippen molar-refractivity contribution in [2.45, 2.75) is 18.7 Å². The van der Waals surface area contributed by atoms with E-state index < -0.39 is 10.0 Å². The summed E-state index contributed by atoms with van der Waals surface area (Å²) in [5.41, 5.74) is 3.77. The highest BCUT2D eigenvalue weighted by Gasteiger charge is 2.17. The summed E-state index contributed by atoms with van der Waals surface area (Å²) in [5, 5.41) is 7.80. The number of carbonyl (C=O) groups excluding carboxylic acids is 2. The molecule has 4 N–H and O–H groups in total. The van der Waals surface area contributed by atoms with Crippen LogP contribution in [0.25, 0.3) is 0 Å². The molecule has 0 aliphatic rings. The lowest BCUT2D eigenvalue weighted by Gasteiger charge is -2.12. The van der Waals surface area contributed by atoms with Gasteiger partial charge in [0.1, 0.15) is 0 Å². The van der Waals surface area contributed by atoms with Crippen LogP contribution in [0.1, 0.15) is 21.5 Å². The number of anilines is 3. The second-order valence-corrected chi connectivity index (χ2v) is 8.80. The Hall–Kier alpha value is -3.85. The monoisotopic (exact) mass is 452 g/mol. The number of amides is 3. The van der Waals surface area contributed by atoms with Crippen molar-refractivity contribution in [3.63, 3.8) is 0 Å². The molecule has 0 atom stereocenters. The molecule has 0 heterocycles. The number of nitrogens with one attached hydrogen (secondary N) is 4. The number of hydrogen-bond acceptors (Lipinski definition) is 4. The SMILES string of the molecule is CNC(=O)Nc1ccc(NC(=O)c2ccc(S(=O)(=O)Nc3cccc(C)c3C)cc2)cc1. The van der Waals surface area contributed by atoms with Crippen molar-refractivity contribution < 1.29 is 18.0 Å². The molecule has 0 spiro atoms. The van der Waals surface area contributed by atoms with Crippen LogP contribution in [0.2, 0.25) is 0 Å². The Morgan fingerprint density at radius 2 is 1.38 bits per heavy atom. The third-order valence-corrected chi connectivity index (χ3v) is 6.28. The summed E-state index contributed by atoms with van der Waals surface area (Å²) in [6.45, 7) is 3.76. The van der Waals surface area contributed by atoms with Gasteiger partial charge in [-0.1, -0.05) is 12.1 Å². The average molecular weight is 453 g/mol. The Bertz CT molecular complexity index is 1240. The maximum absolute atomic E-state index is 12.7. The highest BCUT2D eigenvalue weighted by molar-refractivity contribution is 7.92. The van der Waals surface area contributed by atoms with Crippen LogP contribution in [0.3, 0.4) is 0 Å². The minimum absolute atomic E-state index is 0.0552. The fourth-order valence-corrected chi connectivity index (χ4v) is 4.01. The summed E-state index contributed by atoms with van der Waals surface area (Å²) in [6, 6.07) is 17.3. The first-order valence-corrected chi connectivity index (χ1v) is 11.3. The van der Waals surface area contributed by atoms with Crippen LogP contribution in [-0.4, -0.2) is 27.4 Å². The normalized spacial score (nSPS) is 10.8. The molecule has 3 aromatic rings. The largest absolute Gasteiger partial charge is 0.341 e. The van der Waals surface area contributed by atoms with Crippen molar-refractivity contribution in [2.75, 3.05) is 22.4 Å². The Kier molecular flexibility index (Phi) is 6.79. The number of benzene rings is 3. The lowest BCUT2D eigenvalue weighted by atomic mass is 10.1. The van der Waals surface area contributed by atoms with Crippen molar-refractivity contribution in [1.29, 1.82) is 0 Å².